The minimum atomic E-state index is -0.558. The van der Waals surface area contributed by atoms with Crippen LogP contribution in [-0.4, -0.2) is 42.2 Å². The summed E-state index contributed by atoms with van der Waals surface area (Å²) in [6.45, 7) is 1.15. The first kappa shape index (κ1) is 14.1. The zero-order valence-electron chi connectivity index (χ0n) is 10.3. The molecule has 0 unspecified atom stereocenters. The molecule has 0 bridgehead atoms. The van der Waals surface area contributed by atoms with Crippen molar-refractivity contribution in [2.45, 2.75) is 6.42 Å². The summed E-state index contributed by atoms with van der Waals surface area (Å²) in [6.07, 6.45) is 1.96. The molecule has 1 rings (SSSR count). The van der Waals surface area contributed by atoms with Gasteiger partial charge in [-0.25, -0.2) is 15.8 Å². The van der Waals surface area contributed by atoms with Gasteiger partial charge in [-0.3, -0.25) is 10.1 Å². The van der Waals surface area contributed by atoms with E-state index in [2.05, 4.69) is 15.4 Å². The molecular formula is C9H16N6O3. The summed E-state index contributed by atoms with van der Waals surface area (Å²) in [4.78, 5) is 19.8. The zero-order chi connectivity index (χ0) is 13.5. The number of nitro groups is 1. The van der Waals surface area contributed by atoms with Crippen LogP contribution in [0.2, 0.25) is 0 Å². The Morgan fingerprint density at radius 1 is 1.61 bits per heavy atom. The van der Waals surface area contributed by atoms with E-state index in [4.69, 9.17) is 10.6 Å². The quantitative estimate of drug-likeness (QED) is 0.306. The molecule has 0 spiro atoms. The molecule has 0 saturated heterocycles. The fourth-order valence-electron chi connectivity index (χ4n) is 1.47. The molecular weight excluding hydrogens is 240 g/mol. The highest BCUT2D eigenvalue weighted by atomic mass is 16.6. The van der Waals surface area contributed by atoms with Gasteiger partial charge in [0.25, 0.3) is 0 Å². The molecule has 1 heterocycles. The first-order valence-corrected chi connectivity index (χ1v) is 5.28. The molecule has 0 radical (unpaired) electrons. The van der Waals surface area contributed by atoms with Crippen LogP contribution in [0.25, 0.3) is 0 Å². The third-order valence-electron chi connectivity index (χ3n) is 2.33. The molecule has 0 amide bonds. The van der Waals surface area contributed by atoms with Crippen molar-refractivity contribution in [3.63, 3.8) is 0 Å². The number of hydrogen-bond donors (Lipinski definition) is 2. The van der Waals surface area contributed by atoms with Gasteiger partial charge < -0.3 is 15.1 Å². The SMILES string of the molecule is COCCCN(C)c1ncnc(NN)c1[N+](=O)[O-]. The first-order chi connectivity index (χ1) is 8.61. The third kappa shape index (κ3) is 3.25. The molecule has 0 aromatic carbocycles. The highest BCUT2D eigenvalue weighted by Crippen LogP contribution is 2.30. The summed E-state index contributed by atoms with van der Waals surface area (Å²) in [5.74, 6) is 5.41. The fourth-order valence-corrected chi connectivity index (χ4v) is 1.47. The lowest BCUT2D eigenvalue weighted by molar-refractivity contribution is -0.383. The number of ether oxygens (including phenoxy) is 1. The number of anilines is 2. The second kappa shape index (κ2) is 6.67. The van der Waals surface area contributed by atoms with Crippen LogP contribution in [0.3, 0.4) is 0 Å². The maximum absolute atomic E-state index is 11.0. The normalized spacial score (nSPS) is 10.2. The molecule has 0 aliphatic carbocycles. The van der Waals surface area contributed by atoms with Crippen LogP contribution in [0.15, 0.2) is 6.33 Å². The van der Waals surface area contributed by atoms with Crippen molar-refractivity contribution in [1.29, 1.82) is 0 Å². The van der Waals surface area contributed by atoms with Crippen molar-refractivity contribution in [3.05, 3.63) is 16.4 Å². The molecule has 1 aromatic rings. The minimum Gasteiger partial charge on any atom is -0.385 e. The summed E-state index contributed by atoms with van der Waals surface area (Å²) in [6, 6.07) is 0. The van der Waals surface area contributed by atoms with E-state index in [1.807, 2.05) is 0 Å². The van der Waals surface area contributed by atoms with E-state index < -0.39 is 4.92 Å². The van der Waals surface area contributed by atoms with Crippen LogP contribution >= 0.6 is 0 Å². The maximum atomic E-state index is 11.0. The van der Waals surface area contributed by atoms with Gasteiger partial charge in [0.1, 0.15) is 6.33 Å². The molecule has 18 heavy (non-hydrogen) atoms. The van der Waals surface area contributed by atoms with Crippen molar-refractivity contribution in [2.75, 3.05) is 37.6 Å². The van der Waals surface area contributed by atoms with Crippen molar-refractivity contribution in [1.82, 2.24) is 9.97 Å². The Morgan fingerprint density at radius 3 is 2.89 bits per heavy atom. The van der Waals surface area contributed by atoms with Crippen LogP contribution in [0.5, 0.6) is 0 Å². The minimum absolute atomic E-state index is 0.0106. The number of methoxy groups -OCH3 is 1. The van der Waals surface area contributed by atoms with E-state index in [0.29, 0.717) is 13.2 Å². The Hall–Kier alpha value is -2.00. The smallest absolute Gasteiger partial charge is 0.354 e. The van der Waals surface area contributed by atoms with E-state index in [-0.39, 0.29) is 17.3 Å². The van der Waals surface area contributed by atoms with Gasteiger partial charge in [0.05, 0.1) is 4.92 Å². The van der Waals surface area contributed by atoms with Gasteiger partial charge in [-0.1, -0.05) is 0 Å². The summed E-state index contributed by atoms with van der Waals surface area (Å²) >= 11 is 0. The Labute approximate surface area is 104 Å². The molecule has 9 heteroatoms. The standard InChI is InChI=1S/C9H16N6O3/c1-14(4-3-5-18-2)9-7(15(16)17)8(13-10)11-6-12-9/h6H,3-5,10H2,1-2H3,(H,11,12,13). The summed E-state index contributed by atoms with van der Waals surface area (Å²) in [5, 5.41) is 11.0. The summed E-state index contributed by atoms with van der Waals surface area (Å²) in [7, 11) is 3.31. The lowest BCUT2D eigenvalue weighted by atomic mass is 10.3. The van der Waals surface area contributed by atoms with Gasteiger partial charge >= 0.3 is 5.69 Å². The molecule has 0 aliphatic heterocycles. The molecule has 0 atom stereocenters. The van der Waals surface area contributed by atoms with Gasteiger partial charge in [-0.15, -0.1) is 0 Å². The predicted molar refractivity (Wildman–Crippen MR) is 66.3 cm³/mol. The van der Waals surface area contributed by atoms with E-state index in [9.17, 15) is 10.1 Å². The Bertz CT molecular complexity index is 413. The van der Waals surface area contributed by atoms with Gasteiger partial charge in [-0.2, -0.15) is 0 Å². The summed E-state index contributed by atoms with van der Waals surface area (Å²) < 4.78 is 4.93. The lowest BCUT2D eigenvalue weighted by Crippen LogP contribution is -2.23. The zero-order valence-corrected chi connectivity index (χ0v) is 10.3. The third-order valence-corrected chi connectivity index (χ3v) is 2.33. The second-order valence-corrected chi connectivity index (χ2v) is 3.56. The molecule has 1 aromatic heterocycles. The van der Waals surface area contributed by atoms with Crippen LogP contribution in [0, 0.1) is 10.1 Å². The van der Waals surface area contributed by atoms with E-state index in [1.165, 1.54) is 6.33 Å². The van der Waals surface area contributed by atoms with Crippen LogP contribution in [-0.2, 0) is 4.74 Å². The number of nitrogen functional groups attached to an aromatic ring is 1. The molecule has 0 fully saturated rings. The summed E-state index contributed by atoms with van der Waals surface area (Å²) in [5.41, 5.74) is 1.96. The largest absolute Gasteiger partial charge is 0.385 e. The molecule has 100 valence electrons. The Kier molecular flexibility index (Phi) is 5.21. The maximum Gasteiger partial charge on any atom is 0.354 e. The number of rotatable bonds is 7. The van der Waals surface area contributed by atoms with Crippen molar-refractivity contribution < 1.29 is 9.66 Å². The topological polar surface area (TPSA) is 119 Å². The van der Waals surface area contributed by atoms with E-state index in [1.54, 1.807) is 19.1 Å². The average molecular weight is 256 g/mol. The van der Waals surface area contributed by atoms with Crippen molar-refractivity contribution in [3.8, 4) is 0 Å². The lowest BCUT2D eigenvalue weighted by Gasteiger charge is -2.18. The van der Waals surface area contributed by atoms with E-state index in [0.717, 1.165) is 6.42 Å². The second-order valence-electron chi connectivity index (χ2n) is 3.56. The Balaban J connectivity index is 2.96. The van der Waals surface area contributed by atoms with Gasteiger partial charge in [0.15, 0.2) is 0 Å². The first-order valence-electron chi connectivity index (χ1n) is 5.28. The molecule has 9 nitrogen and oxygen atoms in total. The Morgan fingerprint density at radius 2 is 2.33 bits per heavy atom. The highest BCUT2D eigenvalue weighted by molar-refractivity contribution is 5.69. The fraction of sp³-hybridized carbons (Fsp3) is 0.556. The average Bonchev–Trinajstić information content (AvgIpc) is 2.37. The number of hydrazine groups is 1. The predicted octanol–water partition coefficient (Wildman–Crippen LogP) is 0.143. The molecule has 0 aliphatic rings. The van der Waals surface area contributed by atoms with E-state index >= 15 is 0 Å². The van der Waals surface area contributed by atoms with Crippen molar-refractivity contribution in [2.24, 2.45) is 5.84 Å². The van der Waals surface area contributed by atoms with Crippen LogP contribution in [0.4, 0.5) is 17.3 Å². The highest BCUT2D eigenvalue weighted by Gasteiger charge is 2.24. The van der Waals surface area contributed by atoms with Gasteiger partial charge in [0, 0.05) is 27.3 Å². The van der Waals surface area contributed by atoms with Crippen molar-refractivity contribution >= 4 is 17.3 Å². The van der Waals surface area contributed by atoms with Crippen LogP contribution < -0.4 is 16.2 Å². The number of aromatic nitrogens is 2. The molecule has 3 N–H and O–H groups in total. The molecule has 0 saturated carbocycles. The number of nitrogens with two attached hydrogens (primary N) is 1. The van der Waals surface area contributed by atoms with Crippen LogP contribution in [0.1, 0.15) is 6.42 Å². The monoisotopic (exact) mass is 256 g/mol. The van der Waals surface area contributed by atoms with Gasteiger partial charge in [-0.05, 0) is 6.42 Å². The number of nitrogens with one attached hydrogen (secondary N) is 1. The van der Waals surface area contributed by atoms with Gasteiger partial charge in [0.2, 0.25) is 11.6 Å². The number of hydrogen-bond acceptors (Lipinski definition) is 8. The number of nitrogens with zero attached hydrogens (tertiary/aromatic N) is 4.